The molecule has 1 aromatic carbocycles. The average Bonchev–Trinajstić information content (AvgIpc) is 2.95. The predicted octanol–water partition coefficient (Wildman–Crippen LogP) is 3.73. The molecule has 0 aliphatic rings. The predicted molar refractivity (Wildman–Crippen MR) is 92.1 cm³/mol. The van der Waals surface area contributed by atoms with E-state index >= 15 is 0 Å². The molecular formula is C18H21NO3S. The SMILES string of the molecule is CC(=O)c1ccc(OCCCC(=O)NCc2sccc2C)cc1. The maximum absolute atomic E-state index is 11.8. The highest BCUT2D eigenvalue weighted by Crippen LogP contribution is 2.15. The molecule has 1 heterocycles. The van der Waals surface area contributed by atoms with Crippen molar-refractivity contribution in [2.24, 2.45) is 0 Å². The Morgan fingerprint density at radius 2 is 1.91 bits per heavy atom. The monoisotopic (exact) mass is 331 g/mol. The molecule has 4 nitrogen and oxygen atoms in total. The molecule has 2 rings (SSSR count). The van der Waals surface area contributed by atoms with Gasteiger partial charge in [0.15, 0.2) is 5.78 Å². The van der Waals surface area contributed by atoms with Crippen molar-refractivity contribution in [3.8, 4) is 5.75 Å². The molecule has 5 heteroatoms. The van der Waals surface area contributed by atoms with Crippen LogP contribution in [0.4, 0.5) is 0 Å². The Kier molecular flexibility index (Phi) is 6.35. The van der Waals surface area contributed by atoms with Crippen LogP contribution in [0.1, 0.15) is 40.6 Å². The van der Waals surface area contributed by atoms with E-state index in [2.05, 4.69) is 11.4 Å². The highest BCUT2D eigenvalue weighted by Gasteiger charge is 2.05. The van der Waals surface area contributed by atoms with Crippen LogP contribution in [0.2, 0.25) is 0 Å². The number of rotatable bonds is 8. The Labute approximate surface area is 140 Å². The van der Waals surface area contributed by atoms with Crippen molar-refractivity contribution >= 4 is 23.0 Å². The smallest absolute Gasteiger partial charge is 0.220 e. The summed E-state index contributed by atoms with van der Waals surface area (Å²) in [6.45, 7) is 4.65. The van der Waals surface area contributed by atoms with Crippen molar-refractivity contribution in [2.45, 2.75) is 33.2 Å². The number of ether oxygens (including phenoxy) is 1. The van der Waals surface area contributed by atoms with E-state index in [0.29, 0.717) is 37.3 Å². The van der Waals surface area contributed by atoms with Gasteiger partial charge in [-0.25, -0.2) is 0 Å². The van der Waals surface area contributed by atoms with Gasteiger partial charge in [0.2, 0.25) is 5.91 Å². The van der Waals surface area contributed by atoms with Gasteiger partial charge in [-0.15, -0.1) is 11.3 Å². The zero-order valence-electron chi connectivity index (χ0n) is 13.4. The van der Waals surface area contributed by atoms with E-state index in [0.717, 1.165) is 0 Å². The molecule has 0 saturated heterocycles. The molecule has 23 heavy (non-hydrogen) atoms. The molecule has 0 saturated carbocycles. The van der Waals surface area contributed by atoms with Crippen LogP contribution in [0.5, 0.6) is 5.75 Å². The van der Waals surface area contributed by atoms with Crippen molar-refractivity contribution in [1.29, 1.82) is 0 Å². The normalized spacial score (nSPS) is 10.3. The lowest BCUT2D eigenvalue weighted by molar-refractivity contribution is -0.121. The molecular weight excluding hydrogens is 310 g/mol. The van der Waals surface area contributed by atoms with E-state index in [9.17, 15) is 9.59 Å². The number of amides is 1. The largest absolute Gasteiger partial charge is 0.494 e. The molecule has 0 unspecified atom stereocenters. The summed E-state index contributed by atoms with van der Waals surface area (Å²) >= 11 is 1.66. The summed E-state index contributed by atoms with van der Waals surface area (Å²) in [6.07, 6.45) is 1.10. The van der Waals surface area contributed by atoms with E-state index in [1.807, 2.05) is 12.3 Å². The summed E-state index contributed by atoms with van der Waals surface area (Å²) in [6, 6.07) is 9.09. The van der Waals surface area contributed by atoms with Crippen LogP contribution >= 0.6 is 11.3 Å². The first-order valence-electron chi connectivity index (χ1n) is 7.59. The molecule has 2 aromatic rings. The number of nitrogens with one attached hydrogen (secondary N) is 1. The van der Waals surface area contributed by atoms with Gasteiger partial charge in [0, 0.05) is 16.9 Å². The van der Waals surface area contributed by atoms with Crippen LogP contribution in [0.3, 0.4) is 0 Å². The molecule has 0 aliphatic heterocycles. The second kappa shape index (κ2) is 8.48. The van der Waals surface area contributed by atoms with Gasteiger partial charge in [-0.2, -0.15) is 0 Å². The number of carbonyl (C=O) groups is 2. The summed E-state index contributed by atoms with van der Waals surface area (Å²) in [4.78, 5) is 24.2. The van der Waals surface area contributed by atoms with Crippen LogP contribution in [-0.2, 0) is 11.3 Å². The van der Waals surface area contributed by atoms with E-state index in [1.165, 1.54) is 17.4 Å². The number of benzene rings is 1. The van der Waals surface area contributed by atoms with Crippen molar-refractivity contribution in [3.63, 3.8) is 0 Å². The van der Waals surface area contributed by atoms with E-state index in [4.69, 9.17) is 4.74 Å². The van der Waals surface area contributed by atoms with Gasteiger partial charge in [-0.1, -0.05) is 0 Å². The first-order valence-corrected chi connectivity index (χ1v) is 8.47. The molecule has 0 fully saturated rings. The zero-order chi connectivity index (χ0) is 16.7. The lowest BCUT2D eigenvalue weighted by Gasteiger charge is -2.07. The lowest BCUT2D eigenvalue weighted by atomic mass is 10.1. The summed E-state index contributed by atoms with van der Waals surface area (Å²) in [5.74, 6) is 0.784. The zero-order valence-corrected chi connectivity index (χ0v) is 14.2. The second-order valence-corrected chi connectivity index (χ2v) is 6.34. The van der Waals surface area contributed by atoms with Gasteiger partial charge in [0.25, 0.3) is 0 Å². The van der Waals surface area contributed by atoms with Crippen molar-refractivity contribution in [2.75, 3.05) is 6.61 Å². The number of Topliss-reactive ketones (excluding diaryl/α,β-unsaturated/α-hetero) is 1. The second-order valence-electron chi connectivity index (χ2n) is 5.34. The van der Waals surface area contributed by atoms with Crippen LogP contribution < -0.4 is 10.1 Å². The number of carbonyl (C=O) groups excluding carboxylic acids is 2. The van der Waals surface area contributed by atoms with Crippen molar-refractivity contribution in [3.05, 3.63) is 51.7 Å². The maximum Gasteiger partial charge on any atom is 0.220 e. The van der Waals surface area contributed by atoms with Crippen LogP contribution in [0, 0.1) is 6.92 Å². The molecule has 122 valence electrons. The molecule has 1 amide bonds. The third-order valence-corrected chi connectivity index (χ3v) is 4.52. The first-order chi connectivity index (χ1) is 11.1. The quantitative estimate of drug-likeness (QED) is 0.592. The van der Waals surface area contributed by atoms with Gasteiger partial charge < -0.3 is 10.1 Å². The first kappa shape index (κ1) is 17.2. The summed E-state index contributed by atoms with van der Waals surface area (Å²) < 4.78 is 5.57. The lowest BCUT2D eigenvalue weighted by Crippen LogP contribution is -2.22. The number of ketones is 1. The van der Waals surface area contributed by atoms with Gasteiger partial charge in [-0.05, 0) is 61.5 Å². The average molecular weight is 331 g/mol. The Hall–Kier alpha value is -2.14. The third kappa shape index (κ3) is 5.53. The standard InChI is InChI=1S/C18H21NO3S/c1-13-9-11-23-17(13)12-19-18(21)4-3-10-22-16-7-5-15(6-8-16)14(2)20/h5-9,11H,3-4,10,12H2,1-2H3,(H,19,21). The van der Waals surface area contributed by atoms with Crippen LogP contribution in [-0.4, -0.2) is 18.3 Å². The number of hydrogen-bond acceptors (Lipinski definition) is 4. The van der Waals surface area contributed by atoms with E-state index < -0.39 is 0 Å². The molecule has 1 aromatic heterocycles. The minimum atomic E-state index is 0.0355. The number of thiophene rings is 1. The van der Waals surface area contributed by atoms with Crippen molar-refractivity contribution in [1.82, 2.24) is 5.32 Å². The number of hydrogen-bond donors (Lipinski definition) is 1. The van der Waals surface area contributed by atoms with E-state index in [-0.39, 0.29) is 11.7 Å². The van der Waals surface area contributed by atoms with E-state index in [1.54, 1.807) is 35.6 Å². The Morgan fingerprint density at radius 1 is 1.17 bits per heavy atom. The summed E-state index contributed by atoms with van der Waals surface area (Å²) in [7, 11) is 0. The fourth-order valence-electron chi connectivity index (χ4n) is 2.06. The topological polar surface area (TPSA) is 55.4 Å². The maximum atomic E-state index is 11.8. The van der Waals surface area contributed by atoms with Gasteiger partial charge in [-0.3, -0.25) is 9.59 Å². The minimum absolute atomic E-state index is 0.0355. The van der Waals surface area contributed by atoms with Gasteiger partial charge in [0.1, 0.15) is 5.75 Å². The molecule has 0 atom stereocenters. The number of aryl methyl sites for hydroxylation is 1. The van der Waals surface area contributed by atoms with Crippen molar-refractivity contribution < 1.29 is 14.3 Å². The molecule has 1 N–H and O–H groups in total. The Balaban J connectivity index is 1.64. The fraction of sp³-hybridized carbons (Fsp3) is 0.333. The van der Waals surface area contributed by atoms with Gasteiger partial charge in [0.05, 0.1) is 13.2 Å². The molecule has 0 spiro atoms. The summed E-state index contributed by atoms with van der Waals surface area (Å²) in [5.41, 5.74) is 1.88. The molecule has 0 radical (unpaired) electrons. The molecule has 0 aliphatic carbocycles. The highest BCUT2D eigenvalue weighted by molar-refractivity contribution is 7.10. The summed E-state index contributed by atoms with van der Waals surface area (Å²) in [5, 5.41) is 4.95. The fourth-order valence-corrected chi connectivity index (χ4v) is 2.91. The van der Waals surface area contributed by atoms with Crippen LogP contribution in [0.25, 0.3) is 0 Å². The Bertz CT molecular complexity index is 661. The van der Waals surface area contributed by atoms with Crippen LogP contribution in [0.15, 0.2) is 35.7 Å². The Morgan fingerprint density at radius 3 is 2.52 bits per heavy atom. The third-order valence-electron chi connectivity index (χ3n) is 3.49. The minimum Gasteiger partial charge on any atom is -0.494 e. The molecule has 0 bridgehead atoms. The highest BCUT2D eigenvalue weighted by atomic mass is 32.1. The van der Waals surface area contributed by atoms with Gasteiger partial charge >= 0.3 is 0 Å².